The maximum atomic E-state index is 14.9. The van der Waals surface area contributed by atoms with E-state index in [1.165, 1.54) is 29.0 Å². The van der Waals surface area contributed by atoms with Crippen LogP contribution in [0.4, 0.5) is 10.1 Å². The first-order valence-corrected chi connectivity index (χ1v) is 12.8. The summed E-state index contributed by atoms with van der Waals surface area (Å²) in [6.45, 7) is 4.60. The fraction of sp³-hybridized carbons (Fsp3) is 0.348. The van der Waals surface area contributed by atoms with Crippen molar-refractivity contribution < 1.29 is 12.8 Å². The highest BCUT2D eigenvalue weighted by Crippen LogP contribution is 2.30. The van der Waals surface area contributed by atoms with Crippen molar-refractivity contribution in [1.82, 2.24) is 9.88 Å². The Labute approximate surface area is 187 Å². The van der Waals surface area contributed by atoms with Gasteiger partial charge in [0, 0.05) is 43.8 Å². The van der Waals surface area contributed by atoms with E-state index in [1.807, 2.05) is 32.2 Å². The van der Waals surface area contributed by atoms with E-state index in [2.05, 4.69) is 26.9 Å². The smallest absolute Gasteiger partial charge is 0.187 e. The minimum atomic E-state index is -3.80. The Morgan fingerprint density at radius 2 is 2.03 bits per heavy atom. The third-order valence-electron chi connectivity index (χ3n) is 5.83. The quantitative estimate of drug-likeness (QED) is 0.528. The highest BCUT2D eigenvalue weighted by atomic mass is 32.2. The number of aromatic nitrogens is 1. The molecule has 1 aliphatic heterocycles. The van der Waals surface area contributed by atoms with Gasteiger partial charge in [0.15, 0.2) is 9.84 Å². The Bertz CT molecular complexity index is 1140. The van der Waals surface area contributed by atoms with Crippen molar-refractivity contribution >= 4 is 26.9 Å². The lowest BCUT2D eigenvalue weighted by atomic mass is 10.1. The van der Waals surface area contributed by atoms with Crippen molar-refractivity contribution in [3.8, 4) is 0 Å². The lowest BCUT2D eigenvalue weighted by molar-refractivity contribution is 0.326. The number of halogens is 1. The Morgan fingerprint density at radius 3 is 2.74 bits per heavy atom. The van der Waals surface area contributed by atoms with Crippen LogP contribution >= 0.6 is 11.3 Å². The Kier molecular flexibility index (Phi) is 6.41. The Balaban J connectivity index is 1.49. The number of thiazole rings is 1. The van der Waals surface area contributed by atoms with Crippen LogP contribution in [0.15, 0.2) is 58.3 Å². The van der Waals surface area contributed by atoms with Gasteiger partial charge in [0.25, 0.3) is 0 Å². The summed E-state index contributed by atoms with van der Waals surface area (Å²) < 4.78 is 40.4. The second-order valence-electron chi connectivity index (χ2n) is 8.08. The second-order valence-corrected chi connectivity index (χ2v) is 10.8. The van der Waals surface area contributed by atoms with E-state index >= 15 is 0 Å². The van der Waals surface area contributed by atoms with Gasteiger partial charge in [0.1, 0.15) is 10.7 Å². The van der Waals surface area contributed by atoms with Crippen LogP contribution in [0.2, 0.25) is 0 Å². The number of likely N-dealkylation sites (tertiary alicyclic amines) is 1. The van der Waals surface area contributed by atoms with Gasteiger partial charge in [0.05, 0.1) is 17.0 Å². The van der Waals surface area contributed by atoms with Crippen LogP contribution < -0.4 is 4.90 Å². The molecule has 5 nitrogen and oxygen atoms in total. The summed E-state index contributed by atoms with van der Waals surface area (Å²) in [5.41, 5.74) is 4.78. The molecule has 31 heavy (non-hydrogen) atoms. The average Bonchev–Trinajstić information content (AvgIpc) is 3.41. The zero-order valence-electron chi connectivity index (χ0n) is 17.7. The predicted octanol–water partition coefficient (Wildman–Crippen LogP) is 4.28. The van der Waals surface area contributed by atoms with Gasteiger partial charge in [0.2, 0.25) is 0 Å². The van der Waals surface area contributed by atoms with Gasteiger partial charge in [-0.3, -0.25) is 4.90 Å². The number of nitrogens with zero attached hydrogens (tertiary/aromatic N) is 3. The first kappa shape index (κ1) is 21.9. The number of sulfone groups is 1. The van der Waals surface area contributed by atoms with Gasteiger partial charge in [-0.1, -0.05) is 30.3 Å². The summed E-state index contributed by atoms with van der Waals surface area (Å²) in [6, 6.07) is 13.4. The summed E-state index contributed by atoms with van der Waals surface area (Å²) in [5.74, 6) is -0.999. The monoisotopic (exact) mass is 459 g/mol. The summed E-state index contributed by atoms with van der Waals surface area (Å²) in [6.07, 6.45) is 0.980. The first-order valence-electron chi connectivity index (χ1n) is 10.2. The van der Waals surface area contributed by atoms with Crippen LogP contribution in [-0.4, -0.2) is 44.5 Å². The number of hydrogen-bond acceptors (Lipinski definition) is 6. The van der Waals surface area contributed by atoms with Crippen LogP contribution in [0.1, 0.15) is 23.2 Å². The molecule has 3 aromatic rings. The minimum absolute atomic E-state index is 0.249. The Morgan fingerprint density at radius 1 is 1.26 bits per heavy atom. The number of benzene rings is 2. The minimum Gasteiger partial charge on any atom is -0.370 e. The molecule has 1 aliphatic rings. The van der Waals surface area contributed by atoms with E-state index in [1.54, 1.807) is 10.9 Å². The largest absolute Gasteiger partial charge is 0.370 e. The number of rotatable bonds is 7. The zero-order valence-corrected chi connectivity index (χ0v) is 19.3. The molecule has 0 radical (unpaired) electrons. The normalized spacial score (nSPS) is 17.2. The second kappa shape index (κ2) is 9.06. The summed E-state index contributed by atoms with van der Waals surface area (Å²) in [7, 11) is -1.84. The van der Waals surface area contributed by atoms with Gasteiger partial charge in [-0.25, -0.2) is 17.8 Å². The molecule has 4 rings (SSSR count). The van der Waals surface area contributed by atoms with Gasteiger partial charge in [-0.15, -0.1) is 11.3 Å². The topological polar surface area (TPSA) is 53.5 Å². The van der Waals surface area contributed by atoms with Crippen molar-refractivity contribution in [2.45, 2.75) is 36.6 Å². The molecule has 1 saturated heterocycles. The highest BCUT2D eigenvalue weighted by molar-refractivity contribution is 7.90. The average molecular weight is 460 g/mol. The van der Waals surface area contributed by atoms with Crippen LogP contribution in [0.3, 0.4) is 0 Å². The number of anilines is 1. The van der Waals surface area contributed by atoms with Crippen molar-refractivity contribution in [3.63, 3.8) is 0 Å². The molecule has 8 heteroatoms. The molecule has 164 valence electrons. The molecule has 2 aromatic carbocycles. The first-order chi connectivity index (χ1) is 14.8. The summed E-state index contributed by atoms with van der Waals surface area (Å²) >= 11 is 1.32. The van der Waals surface area contributed by atoms with E-state index in [0.29, 0.717) is 5.69 Å². The van der Waals surface area contributed by atoms with E-state index in [-0.39, 0.29) is 16.7 Å². The SMILES string of the molecule is Cc1cc(S(=O)(=O)Cc2cscn2)c(F)cc1N(C)C1CCN(Cc2ccccc2)C1. The summed E-state index contributed by atoms with van der Waals surface area (Å²) in [5, 5.41) is 1.67. The van der Waals surface area contributed by atoms with Gasteiger partial charge >= 0.3 is 0 Å². The molecule has 0 aliphatic carbocycles. The number of likely N-dealkylation sites (N-methyl/N-ethyl adjacent to an activating group) is 1. The molecule has 2 heterocycles. The van der Waals surface area contributed by atoms with E-state index in [0.717, 1.165) is 37.3 Å². The van der Waals surface area contributed by atoms with Crippen molar-refractivity contribution in [2.24, 2.45) is 0 Å². The third kappa shape index (κ3) is 4.97. The van der Waals surface area contributed by atoms with E-state index in [4.69, 9.17) is 0 Å². The van der Waals surface area contributed by atoms with Crippen LogP contribution in [-0.2, 0) is 22.1 Å². The van der Waals surface area contributed by atoms with Crippen LogP contribution in [0, 0.1) is 12.7 Å². The molecule has 0 amide bonds. The van der Waals surface area contributed by atoms with Gasteiger partial charge < -0.3 is 4.90 Å². The fourth-order valence-corrected chi connectivity index (χ4v) is 6.23. The molecular formula is C23H26FN3O2S2. The maximum Gasteiger partial charge on any atom is 0.187 e. The Hall–Kier alpha value is -2.29. The maximum absolute atomic E-state index is 14.9. The number of aryl methyl sites for hydroxylation is 1. The predicted molar refractivity (Wildman–Crippen MR) is 123 cm³/mol. The highest BCUT2D eigenvalue weighted by Gasteiger charge is 2.28. The molecule has 1 fully saturated rings. The molecule has 1 aromatic heterocycles. The van der Waals surface area contributed by atoms with Crippen molar-refractivity contribution in [1.29, 1.82) is 0 Å². The molecule has 1 atom stereocenters. The van der Waals surface area contributed by atoms with Gasteiger partial charge in [-0.05, 0) is 36.6 Å². The van der Waals surface area contributed by atoms with E-state index in [9.17, 15) is 12.8 Å². The molecule has 0 saturated carbocycles. The van der Waals surface area contributed by atoms with Crippen molar-refractivity contribution in [2.75, 3.05) is 25.0 Å². The third-order valence-corrected chi connectivity index (χ3v) is 8.13. The molecule has 0 bridgehead atoms. The molecular weight excluding hydrogens is 433 g/mol. The molecule has 1 unspecified atom stereocenters. The van der Waals surface area contributed by atoms with Crippen molar-refractivity contribution in [3.05, 3.63) is 76.0 Å². The van der Waals surface area contributed by atoms with E-state index < -0.39 is 15.7 Å². The van der Waals surface area contributed by atoms with Crippen LogP contribution in [0.5, 0.6) is 0 Å². The molecule has 0 N–H and O–H groups in total. The lowest BCUT2D eigenvalue weighted by Gasteiger charge is -2.29. The van der Waals surface area contributed by atoms with Gasteiger partial charge in [-0.2, -0.15) is 0 Å². The molecule has 0 spiro atoms. The standard InChI is InChI=1S/C23H26FN3O2S2/c1-17-10-23(31(28,29)15-19-14-30-16-25-19)21(24)11-22(17)26(2)20-8-9-27(13-20)12-18-6-4-3-5-7-18/h3-7,10-11,14,16,20H,8-9,12-13,15H2,1-2H3. The lowest BCUT2D eigenvalue weighted by Crippen LogP contribution is -2.35. The zero-order chi connectivity index (χ0) is 22.0. The fourth-order valence-electron chi connectivity index (χ4n) is 4.15. The summed E-state index contributed by atoms with van der Waals surface area (Å²) in [4.78, 5) is 8.24. The van der Waals surface area contributed by atoms with Crippen LogP contribution in [0.25, 0.3) is 0 Å². The number of hydrogen-bond donors (Lipinski definition) is 0.